The van der Waals surface area contributed by atoms with Gasteiger partial charge < -0.3 is 10.0 Å². The third-order valence-electron chi connectivity index (χ3n) is 4.99. The number of benzene rings is 1. The zero-order chi connectivity index (χ0) is 19.4. The molecule has 1 aliphatic heterocycles. The van der Waals surface area contributed by atoms with Crippen LogP contribution in [0.3, 0.4) is 0 Å². The van der Waals surface area contributed by atoms with E-state index in [2.05, 4.69) is 16.0 Å². The van der Waals surface area contributed by atoms with Crippen molar-refractivity contribution in [3.05, 3.63) is 52.7 Å². The summed E-state index contributed by atoms with van der Waals surface area (Å²) in [5.74, 6) is 0.0163. The highest BCUT2D eigenvalue weighted by molar-refractivity contribution is 5.95. The quantitative estimate of drug-likeness (QED) is 0.897. The largest absolute Gasteiger partial charge is 0.395 e. The summed E-state index contributed by atoms with van der Waals surface area (Å²) >= 11 is 0. The van der Waals surface area contributed by atoms with Crippen LogP contribution in [0.2, 0.25) is 0 Å². The molecule has 1 amide bonds. The van der Waals surface area contributed by atoms with Crippen molar-refractivity contribution >= 4 is 5.91 Å². The Hall–Kier alpha value is -2.75. The number of pyridine rings is 1. The van der Waals surface area contributed by atoms with Crippen LogP contribution in [0.15, 0.2) is 30.3 Å². The standard InChI is InChI=1S/C21H24N4O2/c1-15-12-20(23-16(2)19(15)14-22)17-4-3-5-18(13-17)21(27)25-8-6-24(7-9-25)10-11-26/h3-5,12-13,26H,6-11H2,1-2H3. The van der Waals surface area contributed by atoms with Gasteiger partial charge in [0, 0.05) is 43.9 Å². The monoisotopic (exact) mass is 364 g/mol. The van der Waals surface area contributed by atoms with Crippen LogP contribution in [0.5, 0.6) is 0 Å². The van der Waals surface area contributed by atoms with Gasteiger partial charge in [0.1, 0.15) is 6.07 Å². The van der Waals surface area contributed by atoms with E-state index in [4.69, 9.17) is 5.11 Å². The van der Waals surface area contributed by atoms with Crippen molar-refractivity contribution in [3.8, 4) is 17.3 Å². The van der Waals surface area contributed by atoms with Gasteiger partial charge in [-0.15, -0.1) is 0 Å². The minimum Gasteiger partial charge on any atom is -0.395 e. The van der Waals surface area contributed by atoms with Crippen LogP contribution in [0.25, 0.3) is 11.3 Å². The first-order valence-corrected chi connectivity index (χ1v) is 9.14. The number of aliphatic hydroxyl groups is 1. The molecule has 0 saturated carbocycles. The van der Waals surface area contributed by atoms with Crippen LogP contribution in [0.4, 0.5) is 0 Å². The van der Waals surface area contributed by atoms with E-state index in [0.717, 1.165) is 29.9 Å². The van der Waals surface area contributed by atoms with Gasteiger partial charge in [0.05, 0.1) is 23.6 Å². The summed E-state index contributed by atoms with van der Waals surface area (Å²) in [6, 6.07) is 11.6. The molecule has 27 heavy (non-hydrogen) atoms. The molecule has 0 spiro atoms. The molecule has 1 fully saturated rings. The SMILES string of the molecule is Cc1cc(-c2cccc(C(=O)N3CCN(CCO)CC3)c2)nc(C)c1C#N. The maximum absolute atomic E-state index is 12.9. The molecule has 6 nitrogen and oxygen atoms in total. The predicted molar refractivity (Wildman–Crippen MR) is 103 cm³/mol. The maximum Gasteiger partial charge on any atom is 0.253 e. The van der Waals surface area contributed by atoms with Crippen LogP contribution in [0, 0.1) is 25.2 Å². The topological polar surface area (TPSA) is 80.5 Å². The number of carbonyl (C=O) groups is 1. The molecule has 2 aromatic rings. The highest BCUT2D eigenvalue weighted by Gasteiger charge is 2.22. The first-order chi connectivity index (χ1) is 13.0. The van der Waals surface area contributed by atoms with Crippen molar-refractivity contribution < 1.29 is 9.90 Å². The summed E-state index contributed by atoms with van der Waals surface area (Å²) in [4.78, 5) is 21.4. The fraction of sp³-hybridized carbons (Fsp3) is 0.381. The van der Waals surface area contributed by atoms with Gasteiger partial charge in [-0.2, -0.15) is 5.26 Å². The van der Waals surface area contributed by atoms with E-state index < -0.39 is 0 Å². The summed E-state index contributed by atoms with van der Waals surface area (Å²) in [6.07, 6.45) is 0. The highest BCUT2D eigenvalue weighted by atomic mass is 16.3. The number of nitrogens with zero attached hydrogens (tertiary/aromatic N) is 4. The Morgan fingerprint density at radius 2 is 1.96 bits per heavy atom. The van der Waals surface area contributed by atoms with E-state index in [1.165, 1.54) is 0 Å². The van der Waals surface area contributed by atoms with Crippen LogP contribution in [-0.4, -0.2) is 65.1 Å². The number of aryl methyl sites for hydroxylation is 2. The van der Waals surface area contributed by atoms with E-state index >= 15 is 0 Å². The molecule has 1 aliphatic rings. The zero-order valence-corrected chi connectivity index (χ0v) is 15.8. The van der Waals surface area contributed by atoms with Crippen LogP contribution >= 0.6 is 0 Å². The number of hydrogen-bond acceptors (Lipinski definition) is 5. The Balaban J connectivity index is 1.80. The van der Waals surface area contributed by atoms with Crippen molar-refractivity contribution in [2.24, 2.45) is 0 Å². The molecule has 140 valence electrons. The Kier molecular flexibility index (Phi) is 5.84. The van der Waals surface area contributed by atoms with E-state index in [0.29, 0.717) is 36.5 Å². The number of nitriles is 1. The van der Waals surface area contributed by atoms with E-state index in [9.17, 15) is 10.1 Å². The third-order valence-corrected chi connectivity index (χ3v) is 4.99. The lowest BCUT2D eigenvalue weighted by Crippen LogP contribution is -2.49. The van der Waals surface area contributed by atoms with Crippen LogP contribution < -0.4 is 0 Å². The number of amides is 1. The van der Waals surface area contributed by atoms with Crippen molar-refractivity contribution in [1.29, 1.82) is 5.26 Å². The molecule has 1 saturated heterocycles. The molecular weight excluding hydrogens is 340 g/mol. The average Bonchev–Trinajstić information content (AvgIpc) is 2.68. The van der Waals surface area contributed by atoms with Crippen LogP contribution in [-0.2, 0) is 0 Å². The van der Waals surface area contributed by atoms with Crippen LogP contribution in [0.1, 0.15) is 27.2 Å². The number of β-amino-alcohol motifs (C(OH)–C–C–N with tert-alkyl or cyclic N) is 1. The molecule has 0 unspecified atom stereocenters. The maximum atomic E-state index is 12.9. The van der Waals surface area contributed by atoms with Gasteiger partial charge in [-0.3, -0.25) is 14.7 Å². The minimum absolute atomic E-state index is 0.0163. The highest BCUT2D eigenvalue weighted by Crippen LogP contribution is 2.23. The molecule has 0 radical (unpaired) electrons. The Morgan fingerprint density at radius 1 is 1.22 bits per heavy atom. The smallest absolute Gasteiger partial charge is 0.253 e. The number of rotatable bonds is 4. The average molecular weight is 364 g/mol. The molecule has 1 N–H and O–H groups in total. The predicted octanol–water partition coefficient (Wildman–Crippen LogP) is 1.99. The number of carbonyl (C=O) groups excluding carboxylic acids is 1. The van der Waals surface area contributed by atoms with Gasteiger partial charge in [0.15, 0.2) is 0 Å². The van der Waals surface area contributed by atoms with Gasteiger partial charge in [-0.25, -0.2) is 0 Å². The second-order valence-electron chi connectivity index (χ2n) is 6.83. The zero-order valence-electron chi connectivity index (χ0n) is 15.8. The summed E-state index contributed by atoms with van der Waals surface area (Å²) in [5, 5.41) is 18.3. The first kappa shape index (κ1) is 19.0. The number of aliphatic hydroxyl groups excluding tert-OH is 1. The first-order valence-electron chi connectivity index (χ1n) is 9.14. The van der Waals surface area contributed by atoms with Gasteiger partial charge in [-0.05, 0) is 37.6 Å². The van der Waals surface area contributed by atoms with Gasteiger partial charge in [0.2, 0.25) is 0 Å². The van der Waals surface area contributed by atoms with Gasteiger partial charge >= 0.3 is 0 Å². The normalized spacial score (nSPS) is 14.8. The lowest BCUT2D eigenvalue weighted by molar-refractivity contribution is 0.0615. The third kappa shape index (κ3) is 4.16. The molecule has 6 heteroatoms. The van der Waals surface area contributed by atoms with Crippen molar-refractivity contribution in [3.63, 3.8) is 0 Å². The van der Waals surface area contributed by atoms with Crippen molar-refractivity contribution in [1.82, 2.24) is 14.8 Å². The summed E-state index contributed by atoms with van der Waals surface area (Å²) in [5.41, 5.74) is 4.47. The minimum atomic E-state index is 0.0163. The fourth-order valence-electron chi connectivity index (χ4n) is 3.46. The molecule has 0 atom stereocenters. The van der Waals surface area contributed by atoms with E-state index in [1.807, 2.05) is 49.1 Å². The number of piperazine rings is 1. The Bertz CT molecular complexity index is 857. The van der Waals surface area contributed by atoms with Gasteiger partial charge in [-0.1, -0.05) is 12.1 Å². The van der Waals surface area contributed by atoms with E-state index in [1.54, 1.807) is 0 Å². The second-order valence-corrected chi connectivity index (χ2v) is 6.83. The molecule has 0 bridgehead atoms. The van der Waals surface area contributed by atoms with Gasteiger partial charge in [0.25, 0.3) is 5.91 Å². The molecule has 1 aromatic carbocycles. The van der Waals surface area contributed by atoms with Crippen molar-refractivity contribution in [2.45, 2.75) is 13.8 Å². The second kappa shape index (κ2) is 8.30. The lowest BCUT2D eigenvalue weighted by Gasteiger charge is -2.34. The van der Waals surface area contributed by atoms with E-state index in [-0.39, 0.29) is 12.5 Å². The molecule has 3 rings (SSSR count). The molecular formula is C21H24N4O2. The Labute approximate surface area is 159 Å². The summed E-state index contributed by atoms with van der Waals surface area (Å²) < 4.78 is 0. The molecule has 0 aliphatic carbocycles. The van der Waals surface area contributed by atoms with Crippen molar-refractivity contribution in [2.75, 3.05) is 39.3 Å². The number of aromatic nitrogens is 1. The fourth-order valence-corrected chi connectivity index (χ4v) is 3.46. The number of hydrogen-bond donors (Lipinski definition) is 1. The summed E-state index contributed by atoms with van der Waals surface area (Å²) in [6.45, 7) is 7.41. The molecule has 1 aromatic heterocycles. The lowest BCUT2D eigenvalue weighted by atomic mass is 10.0. The Morgan fingerprint density at radius 3 is 2.59 bits per heavy atom. The molecule has 2 heterocycles. The summed E-state index contributed by atoms with van der Waals surface area (Å²) in [7, 11) is 0.